The van der Waals surface area contributed by atoms with Gasteiger partial charge in [-0.05, 0) is 34.4 Å². The van der Waals surface area contributed by atoms with Crippen molar-refractivity contribution in [3.63, 3.8) is 0 Å². The molecule has 1 heteroatoms. The average molecular weight is 246 g/mol. The molecule has 88 valence electrons. The predicted octanol–water partition coefficient (Wildman–Crippen LogP) is 4.90. The van der Waals surface area contributed by atoms with Crippen molar-refractivity contribution >= 4 is 37.7 Å². The smallest absolute Gasteiger partial charge is 1.00 e. The molecule has 0 atom stereocenters. The van der Waals surface area contributed by atoms with Gasteiger partial charge in [0.1, 0.15) is 0 Å². The average Bonchev–Trinajstić information content (AvgIpc) is 2.16. The Hall–Kier alpha value is 0.480. The first-order valence-corrected chi connectivity index (χ1v) is 6.07. The zero-order valence-electron chi connectivity index (χ0n) is 13.7. The van der Waals surface area contributed by atoms with E-state index in [-0.39, 0.29) is 40.6 Å². The second-order valence-corrected chi connectivity index (χ2v) is 5.31. The molecule has 16 heavy (non-hydrogen) atoms. The van der Waals surface area contributed by atoms with Crippen LogP contribution in [0.5, 0.6) is 0 Å². The molecule has 1 rings (SSSR count). The second-order valence-electron chi connectivity index (χ2n) is 5.31. The van der Waals surface area contributed by atoms with Crippen LogP contribution in [-0.2, 0) is 0 Å². The van der Waals surface area contributed by atoms with Crippen molar-refractivity contribution < 1.29 is 2.85 Å². The monoisotopic (exact) mass is 246 g/mol. The maximum atomic E-state index is 2.30. The third-order valence-corrected chi connectivity index (χ3v) is 2.99. The van der Waals surface area contributed by atoms with Gasteiger partial charge in [-0.2, -0.15) is 0 Å². The summed E-state index contributed by atoms with van der Waals surface area (Å²) in [5, 5.41) is 0. The molecule has 1 aromatic rings. The van der Waals surface area contributed by atoms with Crippen LogP contribution in [0.1, 0.15) is 78.8 Å². The Labute approximate surface area is 134 Å². The van der Waals surface area contributed by atoms with Gasteiger partial charge in [-0.1, -0.05) is 59.7 Å². The standard InChI is InChI=1S/C15H24.Ca.2H/c1-10(2)13-8-7-9-14(11(3)4)15(13)12(5)6;;;/h7-12H,1-6H3;;;/q;+2;2*-1. The predicted molar refractivity (Wildman–Crippen MR) is 76.7 cm³/mol. The molecule has 0 unspecified atom stereocenters. The van der Waals surface area contributed by atoms with Gasteiger partial charge in [0.25, 0.3) is 0 Å². The molecule has 0 heterocycles. The van der Waals surface area contributed by atoms with E-state index in [4.69, 9.17) is 0 Å². The Morgan fingerprint density at radius 1 is 0.750 bits per heavy atom. The summed E-state index contributed by atoms with van der Waals surface area (Å²) in [5.41, 5.74) is 4.62. The normalized spacial score (nSPS) is 11.1. The molecule has 0 fully saturated rings. The van der Waals surface area contributed by atoms with E-state index in [9.17, 15) is 0 Å². The van der Waals surface area contributed by atoms with Crippen LogP contribution in [-0.4, -0.2) is 37.7 Å². The molecule has 0 amide bonds. The van der Waals surface area contributed by atoms with Crippen LogP contribution in [0, 0.1) is 0 Å². The van der Waals surface area contributed by atoms with E-state index in [0.29, 0.717) is 17.8 Å². The first-order valence-electron chi connectivity index (χ1n) is 6.07. The molecule has 0 N–H and O–H groups in total. The van der Waals surface area contributed by atoms with Crippen molar-refractivity contribution in [2.24, 2.45) is 0 Å². The molecule has 0 saturated heterocycles. The fourth-order valence-corrected chi connectivity index (χ4v) is 2.28. The van der Waals surface area contributed by atoms with E-state index in [0.717, 1.165) is 0 Å². The third-order valence-electron chi connectivity index (χ3n) is 2.99. The zero-order valence-corrected chi connectivity index (χ0v) is 13.9. The first-order chi connectivity index (χ1) is 6.95. The van der Waals surface area contributed by atoms with Gasteiger partial charge >= 0.3 is 37.7 Å². The summed E-state index contributed by atoms with van der Waals surface area (Å²) in [6, 6.07) is 6.77. The summed E-state index contributed by atoms with van der Waals surface area (Å²) >= 11 is 0. The second kappa shape index (κ2) is 7.03. The molecule has 1 aromatic carbocycles. The van der Waals surface area contributed by atoms with E-state index >= 15 is 0 Å². The van der Waals surface area contributed by atoms with Crippen molar-refractivity contribution in [3.8, 4) is 0 Å². The Morgan fingerprint density at radius 3 is 1.38 bits per heavy atom. The topological polar surface area (TPSA) is 0 Å². The van der Waals surface area contributed by atoms with E-state index < -0.39 is 0 Å². The van der Waals surface area contributed by atoms with E-state index in [1.54, 1.807) is 5.56 Å². The van der Waals surface area contributed by atoms with E-state index in [1.807, 2.05) is 0 Å². The van der Waals surface area contributed by atoms with Crippen LogP contribution < -0.4 is 0 Å². The number of benzene rings is 1. The van der Waals surface area contributed by atoms with Gasteiger partial charge in [0.2, 0.25) is 0 Å². The molecule has 0 spiro atoms. The molecule has 0 saturated carbocycles. The SMILES string of the molecule is CC(C)c1cccc(C(C)C)c1C(C)C.[Ca+2].[H-].[H-]. The zero-order chi connectivity index (χ0) is 11.6. The molecule has 0 aliphatic heterocycles. The van der Waals surface area contributed by atoms with Gasteiger partial charge in [-0.25, -0.2) is 0 Å². The van der Waals surface area contributed by atoms with Crippen LogP contribution in [0.25, 0.3) is 0 Å². The molecule has 0 aliphatic carbocycles. The Kier molecular flexibility index (Phi) is 7.25. The fourth-order valence-electron chi connectivity index (χ4n) is 2.28. The summed E-state index contributed by atoms with van der Waals surface area (Å²) in [4.78, 5) is 0. The van der Waals surface area contributed by atoms with Gasteiger partial charge in [-0.3, -0.25) is 0 Å². The van der Waals surface area contributed by atoms with Crippen molar-refractivity contribution in [2.45, 2.75) is 59.3 Å². The van der Waals surface area contributed by atoms with E-state index in [1.165, 1.54) is 11.1 Å². The molecule has 0 radical (unpaired) electrons. The van der Waals surface area contributed by atoms with Crippen molar-refractivity contribution in [1.29, 1.82) is 0 Å². The molecule has 0 aromatic heterocycles. The first kappa shape index (κ1) is 16.5. The molecule has 0 aliphatic rings. The van der Waals surface area contributed by atoms with Crippen molar-refractivity contribution in [3.05, 3.63) is 34.9 Å². The minimum Gasteiger partial charge on any atom is -1.00 e. The Balaban J connectivity index is -0.000000750. The minimum absolute atomic E-state index is 0. The van der Waals surface area contributed by atoms with Crippen LogP contribution in [0.15, 0.2) is 18.2 Å². The molecule has 0 nitrogen and oxygen atoms in total. The summed E-state index contributed by atoms with van der Waals surface area (Å²) in [7, 11) is 0. The Bertz CT molecular complexity index is 307. The summed E-state index contributed by atoms with van der Waals surface area (Å²) in [6.07, 6.45) is 0. The summed E-state index contributed by atoms with van der Waals surface area (Å²) in [6.45, 7) is 13.7. The summed E-state index contributed by atoms with van der Waals surface area (Å²) in [5.74, 6) is 1.88. The van der Waals surface area contributed by atoms with Gasteiger partial charge in [0.15, 0.2) is 0 Å². The minimum atomic E-state index is 0. The Morgan fingerprint density at radius 2 is 1.12 bits per heavy atom. The van der Waals surface area contributed by atoms with Crippen molar-refractivity contribution in [1.82, 2.24) is 0 Å². The van der Waals surface area contributed by atoms with Gasteiger partial charge in [0.05, 0.1) is 0 Å². The largest absolute Gasteiger partial charge is 2.00 e. The van der Waals surface area contributed by atoms with Crippen LogP contribution >= 0.6 is 0 Å². The number of rotatable bonds is 3. The van der Waals surface area contributed by atoms with Crippen LogP contribution in [0.3, 0.4) is 0 Å². The van der Waals surface area contributed by atoms with Gasteiger partial charge < -0.3 is 2.85 Å². The third kappa shape index (κ3) is 3.75. The molecule has 0 bridgehead atoms. The number of hydrogen-bond donors (Lipinski definition) is 0. The van der Waals surface area contributed by atoms with Gasteiger partial charge in [-0.15, -0.1) is 0 Å². The maximum Gasteiger partial charge on any atom is 2.00 e. The van der Waals surface area contributed by atoms with Crippen molar-refractivity contribution in [2.75, 3.05) is 0 Å². The fraction of sp³-hybridized carbons (Fsp3) is 0.600. The quantitative estimate of drug-likeness (QED) is 0.665. The molecular formula is C15H26Ca. The van der Waals surface area contributed by atoms with Gasteiger partial charge in [0, 0.05) is 0 Å². The molecular weight excluding hydrogens is 220 g/mol. The van der Waals surface area contributed by atoms with E-state index in [2.05, 4.69) is 59.7 Å². The van der Waals surface area contributed by atoms with Crippen LogP contribution in [0.2, 0.25) is 0 Å². The summed E-state index contributed by atoms with van der Waals surface area (Å²) < 4.78 is 0. The van der Waals surface area contributed by atoms with Crippen LogP contribution in [0.4, 0.5) is 0 Å². The number of hydrogen-bond acceptors (Lipinski definition) is 0. The maximum absolute atomic E-state index is 2.30.